The number of hydrogen-bond acceptors (Lipinski definition) is 5. The maximum atomic E-state index is 11.4. The highest BCUT2D eigenvalue weighted by atomic mass is 32.2. The zero-order valence-corrected chi connectivity index (χ0v) is 11.5. The molecular weight excluding hydrogens is 256 g/mol. The van der Waals surface area contributed by atoms with Gasteiger partial charge in [0.25, 0.3) is 0 Å². The minimum atomic E-state index is -3.71. The van der Waals surface area contributed by atoms with Crippen LogP contribution in [0.3, 0.4) is 0 Å². The highest BCUT2D eigenvalue weighted by molar-refractivity contribution is 7.89. The lowest BCUT2D eigenvalue weighted by molar-refractivity contribution is -0.0914. The van der Waals surface area contributed by atoms with Crippen LogP contribution in [-0.2, 0) is 19.5 Å². The fourth-order valence-corrected chi connectivity index (χ4v) is 2.29. The Kier molecular flexibility index (Phi) is 5.09. The molecule has 0 aliphatic rings. The van der Waals surface area contributed by atoms with Crippen molar-refractivity contribution >= 4 is 15.7 Å². The van der Waals surface area contributed by atoms with E-state index in [1.807, 2.05) is 0 Å². The second-order valence-electron chi connectivity index (χ2n) is 3.81. The van der Waals surface area contributed by atoms with Gasteiger partial charge in [0.15, 0.2) is 6.29 Å². The summed E-state index contributed by atoms with van der Waals surface area (Å²) in [6.07, 6.45) is -0.399. The van der Waals surface area contributed by atoms with E-state index in [0.717, 1.165) is 0 Å². The molecule has 18 heavy (non-hydrogen) atoms. The van der Waals surface area contributed by atoms with Gasteiger partial charge in [0.2, 0.25) is 10.0 Å². The number of methoxy groups -OCH3 is 2. The summed E-state index contributed by atoms with van der Waals surface area (Å²) in [4.78, 5) is 0.110. The summed E-state index contributed by atoms with van der Waals surface area (Å²) in [6, 6.07) is 4.95. The van der Waals surface area contributed by atoms with E-state index in [2.05, 4.69) is 5.32 Å². The van der Waals surface area contributed by atoms with Crippen molar-refractivity contribution in [3.8, 4) is 0 Å². The largest absolute Gasteiger partial charge is 0.380 e. The summed E-state index contributed by atoms with van der Waals surface area (Å²) >= 11 is 0. The van der Waals surface area contributed by atoms with Crippen LogP contribution in [0.15, 0.2) is 23.1 Å². The van der Waals surface area contributed by atoms with Gasteiger partial charge in [-0.05, 0) is 24.6 Å². The summed E-state index contributed by atoms with van der Waals surface area (Å²) in [5.74, 6) is 0. The fraction of sp³-hybridized carbons (Fsp3) is 0.455. The molecule has 0 radical (unpaired) electrons. The Morgan fingerprint density at radius 2 is 1.94 bits per heavy atom. The lowest BCUT2D eigenvalue weighted by atomic mass is 10.2. The number of benzene rings is 1. The molecule has 102 valence electrons. The second-order valence-corrected chi connectivity index (χ2v) is 5.34. The molecule has 1 aromatic carbocycles. The predicted molar refractivity (Wildman–Crippen MR) is 68.8 cm³/mol. The number of nitrogens with one attached hydrogen (secondary N) is 1. The van der Waals surface area contributed by atoms with Crippen molar-refractivity contribution in [1.29, 1.82) is 0 Å². The number of primary sulfonamides is 1. The molecular formula is C11H18N2O4S. The number of hydrogen-bond donors (Lipinski definition) is 2. The first-order valence-electron chi connectivity index (χ1n) is 5.31. The third kappa shape index (κ3) is 3.95. The standard InChI is InChI=1S/C11H18N2O4S/c1-8-4-5-9(6-10(8)18(12,14)15)13-7-11(16-2)17-3/h4-6,11,13H,7H2,1-3H3,(H2,12,14,15). The van der Waals surface area contributed by atoms with E-state index in [1.165, 1.54) is 20.3 Å². The topological polar surface area (TPSA) is 90.6 Å². The van der Waals surface area contributed by atoms with E-state index in [1.54, 1.807) is 19.1 Å². The van der Waals surface area contributed by atoms with Crippen LogP contribution in [-0.4, -0.2) is 35.5 Å². The highest BCUT2D eigenvalue weighted by Crippen LogP contribution is 2.18. The third-order valence-electron chi connectivity index (χ3n) is 2.49. The lowest BCUT2D eigenvalue weighted by Crippen LogP contribution is -2.23. The van der Waals surface area contributed by atoms with E-state index >= 15 is 0 Å². The first-order chi connectivity index (χ1) is 8.38. The number of aryl methyl sites for hydroxylation is 1. The molecule has 1 aromatic rings. The fourth-order valence-electron chi connectivity index (χ4n) is 1.48. The summed E-state index contributed by atoms with van der Waals surface area (Å²) < 4.78 is 32.7. The Hall–Kier alpha value is -1.15. The molecule has 0 bridgehead atoms. The first kappa shape index (κ1) is 14.9. The van der Waals surface area contributed by atoms with Crippen LogP contribution in [0.2, 0.25) is 0 Å². The van der Waals surface area contributed by atoms with Gasteiger partial charge >= 0.3 is 0 Å². The van der Waals surface area contributed by atoms with Crippen molar-refractivity contribution in [1.82, 2.24) is 0 Å². The van der Waals surface area contributed by atoms with Gasteiger partial charge in [-0.2, -0.15) is 0 Å². The normalized spacial score (nSPS) is 11.8. The third-order valence-corrected chi connectivity index (χ3v) is 3.55. The average Bonchev–Trinajstić information content (AvgIpc) is 2.31. The monoisotopic (exact) mass is 274 g/mol. The Morgan fingerprint density at radius 1 is 1.33 bits per heavy atom. The van der Waals surface area contributed by atoms with E-state index in [0.29, 0.717) is 17.8 Å². The van der Waals surface area contributed by atoms with Gasteiger partial charge in [0, 0.05) is 19.9 Å². The zero-order valence-electron chi connectivity index (χ0n) is 10.6. The van der Waals surface area contributed by atoms with Crippen molar-refractivity contribution < 1.29 is 17.9 Å². The van der Waals surface area contributed by atoms with Crippen molar-refractivity contribution in [2.45, 2.75) is 18.1 Å². The van der Waals surface area contributed by atoms with Crippen molar-refractivity contribution in [3.63, 3.8) is 0 Å². The van der Waals surface area contributed by atoms with Gasteiger partial charge in [-0.3, -0.25) is 0 Å². The Morgan fingerprint density at radius 3 is 2.44 bits per heavy atom. The number of rotatable bonds is 6. The van der Waals surface area contributed by atoms with Crippen molar-refractivity contribution in [2.75, 3.05) is 26.1 Å². The van der Waals surface area contributed by atoms with Gasteiger partial charge < -0.3 is 14.8 Å². The van der Waals surface area contributed by atoms with E-state index < -0.39 is 16.3 Å². The molecule has 0 fully saturated rings. The molecule has 0 aliphatic heterocycles. The Balaban J connectivity index is 2.86. The van der Waals surface area contributed by atoms with Gasteiger partial charge in [-0.25, -0.2) is 13.6 Å². The Labute approximate surface area is 107 Å². The van der Waals surface area contributed by atoms with Crippen LogP contribution in [0.1, 0.15) is 5.56 Å². The van der Waals surface area contributed by atoms with Crippen LogP contribution in [0.5, 0.6) is 0 Å². The van der Waals surface area contributed by atoms with Gasteiger partial charge in [-0.1, -0.05) is 6.07 Å². The average molecular weight is 274 g/mol. The van der Waals surface area contributed by atoms with Crippen molar-refractivity contribution in [2.24, 2.45) is 5.14 Å². The molecule has 1 rings (SSSR count). The van der Waals surface area contributed by atoms with Crippen LogP contribution < -0.4 is 10.5 Å². The minimum absolute atomic E-state index is 0.110. The number of nitrogens with two attached hydrogens (primary N) is 1. The maximum Gasteiger partial charge on any atom is 0.238 e. The zero-order chi connectivity index (χ0) is 13.8. The smallest absolute Gasteiger partial charge is 0.238 e. The number of anilines is 1. The highest BCUT2D eigenvalue weighted by Gasteiger charge is 2.12. The molecule has 6 nitrogen and oxygen atoms in total. The molecule has 0 aromatic heterocycles. The molecule has 0 unspecified atom stereocenters. The van der Waals surface area contributed by atoms with Crippen LogP contribution in [0.4, 0.5) is 5.69 Å². The molecule has 0 spiro atoms. The minimum Gasteiger partial charge on any atom is -0.380 e. The molecule has 3 N–H and O–H groups in total. The maximum absolute atomic E-state index is 11.4. The predicted octanol–water partition coefficient (Wildman–Crippen LogP) is 0.673. The molecule has 0 amide bonds. The first-order valence-corrected chi connectivity index (χ1v) is 6.86. The quantitative estimate of drug-likeness (QED) is 0.744. The van der Waals surface area contributed by atoms with Crippen molar-refractivity contribution in [3.05, 3.63) is 23.8 Å². The molecule has 0 aliphatic carbocycles. The van der Waals surface area contributed by atoms with E-state index in [9.17, 15) is 8.42 Å². The van der Waals surface area contributed by atoms with E-state index in [4.69, 9.17) is 14.6 Å². The lowest BCUT2D eigenvalue weighted by Gasteiger charge is -2.15. The summed E-state index contributed by atoms with van der Waals surface area (Å²) in [7, 11) is -0.651. The van der Waals surface area contributed by atoms with Crippen LogP contribution in [0, 0.1) is 6.92 Å². The SMILES string of the molecule is COC(CNc1ccc(C)c(S(N)(=O)=O)c1)OC. The Bertz CT molecular complexity index is 498. The van der Waals surface area contributed by atoms with Gasteiger partial charge in [-0.15, -0.1) is 0 Å². The van der Waals surface area contributed by atoms with Crippen LogP contribution in [0.25, 0.3) is 0 Å². The number of sulfonamides is 1. The summed E-state index contributed by atoms with van der Waals surface area (Å²) in [5.41, 5.74) is 1.25. The molecule has 0 saturated carbocycles. The molecule has 0 saturated heterocycles. The van der Waals surface area contributed by atoms with Gasteiger partial charge in [0.05, 0.1) is 11.4 Å². The summed E-state index contributed by atoms with van der Waals surface area (Å²) in [5, 5.41) is 8.15. The van der Waals surface area contributed by atoms with E-state index in [-0.39, 0.29) is 4.90 Å². The van der Waals surface area contributed by atoms with Gasteiger partial charge in [0.1, 0.15) is 0 Å². The molecule has 7 heteroatoms. The summed E-state index contributed by atoms with van der Waals surface area (Å²) in [6.45, 7) is 2.09. The molecule has 0 atom stereocenters. The molecule has 0 heterocycles. The second kappa shape index (κ2) is 6.14. The van der Waals surface area contributed by atoms with Crippen LogP contribution >= 0.6 is 0 Å². The number of ether oxygens (including phenoxy) is 2.